The Morgan fingerprint density at radius 2 is 0.657 bits per heavy atom. The van der Waals surface area contributed by atoms with E-state index in [1.165, 1.54) is 68.1 Å². The number of benzene rings is 3. The number of methoxy groups -OCH3 is 1. The van der Waals surface area contributed by atoms with Crippen LogP contribution in [0.4, 0.5) is 4.79 Å². The molecule has 3 aromatic carbocycles. The zero-order valence-electron chi connectivity index (χ0n) is 83.2. The summed E-state index contributed by atoms with van der Waals surface area (Å²) < 4.78 is 65.0. The highest BCUT2D eigenvalue weighted by Gasteiger charge is 2.34. The van der Waals surface area contributed by atoms with Crippen molar-refractivity contribution in [2.75, 3.05) is 111 Å². The standard InChI is InChI=1S/C23H43NO6.C19H34O7S.3C16H20O6.C8H16O3/c1-6-9-13-19(7-2)18-30-20(25)14-11-10-12-16-29-22(27)24-15-17-28-21(26)23(4,5)8-3;1-7-18(2,3)17(23)26-12-14(20)11-25-15(21)9-8-10-27-13-19(4,5)16(22)24-6;3*1-4-16(2,3)15(20)22-10-9-21-14(19)12-8-6-5-7-11(12)13(17)18;1-4-8(2,3)7(10)11-6-5-9/h19H,6-18H2,1-5H3,(H,24,27);14,20H,7-13H2,1-6H3;3*5-8H,4,9-10H2,1-3H3,(H,17,18);9H,4-6H2,1-3H3. The first kappa shape index (κ1) is 127. The Balaban J connectivity index is -0.00000156. The summed E-state index contributed by atoms with van der Waals surface area (Å²) in [6.45, 7) is 40.9. The maximum absolute atomic E-state index is 11.8. The topological polar surface area (TPSA) is 506 Å². The molecule has 0 aliphatic heterocycles. The number of unbranched alkanes of at least 4 members (excludes halogenated alkanes) is 3. The molecule has 3 rings (SSSR count). The summed E-state index contributed by atoms with van der Waals surface area (Å²) in [7, 11) is 1.37. The fourth-order valence-electron chi connectivity index (χ4n) is 9.46. The van der Waals surface area contributed by atoms with Crippen LogP contribution in [0.3, 0.4) is 0 Å². The van der Waals surface area contributed by atoms with E-state index in [-0.39, 0.29) is 167 Å². The quantitative estimate of drug-likeness (QED) is 0.0174. The number of amides is 1. The molecule has 0 aliphatic rings. The number of carboxylic acid groups (broad SMARTS) is 3. The molecule has 760 valence electrons. The molecule has 0 radical (unpaired) electrons. The van der Waals surface area contributed by atoms with Crippen LogP contribution in [0.5, 0.6) is 0 Å². The largest absolute Gasteiger partial charge is 0.478 e. The van der Waals surface area contributed by atoms with Crippen molar-refractivity contribution in [2.45, 2.75) is 261 Å². The minimum absolute atomic E-state index is 0.0322. The summed E-state index contributed by atoms with van der Waals surface area (Å²) in [5.74, 6) is -6.94. The highest BCUT2D eigenvalue weighted by molar-refractivity contribution is 7.99. The van der Waals surface area contributed by atoms with E-state index in [0.29, 0.717) is 82.0 Å². The van der Waals surface area contributed by atoms with Gasteiger partial charge in [0.25, 0.3) is 0 Å². The third kappa shape index (κ3) is 54.6. The Morgan fingerprint density at radius 3 is 0.985 bits per heavy atom. The molecule has 6 N–H and O–H groups in total. The van der Waals surface area contributed by atoms with E-state index in [1.54, 1.807) is 85.4 Å². The second-order valence-electron chi connectivity index (χ2n) is 35.2. The van der Waals surface area contributed by atoms with Gasteiger partial charge in [0.2, 0.25) is 0 Å². The van der Waals surface area contributed by atoms with Crippen molar-refractivity contribution in [1.29, 1.82) is 0 Å². The summed E-state index contributed by atoms with van der Waals surface area (Å²) in [6, 6.07) is 17.3. The van der Waals surface area contributed by atoms with Gasteiger partial charge in [-0.15, -0.1) is 0 Å². The van der Waals surface area contributed by atoms with Gasteiger partial charge in [-0.3, -0.25) is 43.2 Å². The normalized spacial score (nSPS) is 11.6. The first-order valence-corrected chi connectivity index (χ1v) is 46.5. The summed E-state index contributed by atoms with van der Waals surface area (Å²) >= 11 is 1.57. The number of nitrogens with one attached hydrogen (secondary N) is 1. The number of carbonyl (C=O) groups excluding carboxylic acids is 13. The molecule has 0 aromatic heterocycles. The predicted octanol–water partition coefficient (Wildman–Crippen LogP) is 16.1. The minimum Gasteiger partial charge on any atom is -0.478 e. The molecule has 0 saturated heterocycles. The molecule has 0 spiro atoms. The van der Waals surface area contributed by atoms with Crippen LogP contribution in [0.1, 0.15) is 317 Å². The van der Waals surface area contributed by atoms with Gasteiger partial charge in [-0.05, 0) is 216 Å². The number of rotatable bonds is 55. The highest BCUT2D eigenvalue weighted by Crippen LogP contribution is 2.28. The van der Waals surface area contributed by atoms with E-state index >= 15 is 0 Å². The number of carbonyl (C=O) groups is 16. The van der Waals surface area contributed by atoms with E-state index in [2.05, 4.69) is 19.2 Å². The minimum atomic E-state index is -1.20. The van der Waals surface area contributed by atoms with Crippen LogP contribution in [-0.4, -0.2) is 238 Å². The second kappa shape index (κ2) is 68.3. The number of aliphatic hydroxyl groups excluding tert-OH is 2. The number of esters is 12. The average molecular weight is 1920 g/mol. The second-order valence-corrected chi connectivity index (χ2v) is 36.3. The monoisotopic (exact) mass is 1920 g/mol. The van der Waals surface area contributed by atoms with Gasteiger partial charge < -0.3 is 92.4 Å². The molecule has 0 fully saturated rings. The number of alkyl carbamates (subject to hydrolysis) is 1. The van der Waals surface area contributed by atoms with Gasteiger partial charge in [-0.2, -0.15) is 11.8 Å². The maximum Gasteiger partial charge on any atom is 0.407 e. The van der Waals surface area contributed by atoms with Crippen LogP contribution < -0.4 is 5.32 Å². The lowest BCUT2D eigenvalue weighted by molar-refractivity contribution is -0.160. The molecule has 0 bridgehead atoms. The fraction of sp³-hybridized carbons (Fsp3) is 0.653. The average Bonchev–Trinajstić information content (AvgIpc) is 0.851. The molecule has 3 aromatic rings. The lowest BCUT2D eigenvalue weighted by Crippen LogP contribution is -2.32. The van der Waals surface area contributed by atoms with E-state index in [9.17, 15) is 81.8 Å². The van der Waals surface area contributed by atoms with Gasteiger partial charge in [-0.25, -0.2) is 33.6 Å². The Bertz CT molecular complexity index is 3840. The zero-order chi connectivity index (χ0) is 103. The van der Waals surface area contributed by atoms with Crippen molar-refractivity contribution in [3.8, 4) is 0 Å². The lowest BCUT2D eigenvalue weighted by atomic mass is 9.91. The summed E-state index contributed by atoms with van der Waals surface area (Å²) in [4.78, 5) is 185. The van der Waals surface area contributed by atoms with Crippen LogP contribution in [-0.2, 0) is 105 Å². The fourth-order valence-corrected chi connectivity index (χ4v) is 10.6. The van der Waals surface area contributed by atoms with Crippen LogP contribution >= 0.6 is 11.8 Å². The lowest BCUT2D eigenvalue weighted by Gasteiger charge is -2.21. The van der Waals surface area contributed by atoms with Gasteiger partial charge in [0.15, 0.2) is 0 Å². The molecular weight excluding hydrogens is 1770 g/mol. The third-order valence-corrected chi connectivity index (χ3v) is 22.8. The van der Waals surface area contributed by atoms with Crippen molar-refractivity contribution in [1.82, 2.24) is 5.32 Å². The molecule has 36 heteroatoms. The SMILES string of the molecule is CCC(C)(C)C(=O)OCC(O)COC(=O)CCCSCC(C)(C)C(=O)OC.CCC(C)(C)C(=O)OCCO.CCC(C)(C)C(=O)OCCOC(=O)c1ccccc1C(=O)O.CCC(C)(C)C(=O)OCCOC(=O)c1ccccc1C(=O)O.CCC(C)(C)C(=O)OCCOC(=O)c1ccccc1C(=O)O.CCCCC(CC)COC(=O)CCCCCOC(=O)NCCOC(=O)C(C)(C)CC. The molecular formula is C98H153NO34S. The first-order chi connectivity index (χ1) is 62.6. The number of carboxylic acids is 3. The highest BCUT2D eigenvalue weighted by atomic mass is 32.2. The Labute approximate surface area is 794 Å². The number of aliphatic hydroxyl groups is 2. The first-order valence-electron chi connectivity index (χ1n) is 45.3. The van der Waals surface area contributed by atoms with Crippen molar-refractivity contribution in [2.24, 2.45) is 43.8 Å². The van der Waals surface area contributed by atoms with Crippen molar-refractivity contribution in [3.63, 3.8) is 0 Å². The van der Waals surface area contributed by atoms with Crippen LogP contribution in [0.15, 0.2) is 72.8 Å². The number of ether oxygens (including phenoxy) is 13. The molecule has 2 unspecified atom stereocenters. The molecule has 134 heavy (non-hydrogen) atoms. The van der Waals surface area contributed by atoms with E-state index in [1.807, 2.05) is 83.1 Å². The van der Waals surface area contributed by atoms with E-state index in [0.717, 1.165) is 38.5 Å². The Hall–Kier alpha value is -10.8. The van der Waals surface area contributed by atoms with E-state index < -0.39 is 91.9 Å². The third-order valence-electron chi connectivity index (χ3n) is 21.3. The number of hydrogen-bond donors (Lipinski definition) is 6. The Morgan fingerprint density at radius 1 is 0.343 bits per heavy atom. The predicted molar refractivity (Wildman–Crippen MR) is 500 cm³/mol. The molecule has 0 aliphatic carbocycles. The zero-order valence-corrected chi connectivity index (χ0v) is 84.0. The summed E-state index contributed by atoms with van der Waals surface area (Å²) in [5.41, 5.74) is -4.33. The molecule has 1 amide bonds. The molecule has 0 heterocycles. The molecule has 35 nitrogen and oxygen atoms in total. The van der Waals surface area contributed by atoms with Crippen molar-refractivity contribution >= 4 is 107 Å². The van der Waals surface area contributed by atoms with Crippen molar-refractivity contribution < 1.29 is 164 Å². The molecule has 0 saturated carbocycles. The maximum atomic E-state index is 11.8. The number of hydrogen-bond acceptors (Lipinski definition) is 32. The van der Waals surface area contributed by atoms with Gasteiger partial charge >= 0.3 is 95.6 Å². The smallest absolute Gasteiger partial charge is 0.407 e. The van der Waals surface area contributed by atoms with Crippen molar-refractivity contribution in [3.05, 3.63) is 106 Å². The van der Waals surface area contributed by atoms with Gasteiger partial charge in [0.05, 0.1) is 105 Å². The number of thioether (sulfide) groups is 1. The summed E-state index contributed by atoms with van der Waals surface area (Å²) in [6.07, 6.45) is 10.3. The summed E-state index contributed by atoms with van der Waals surface area (Å²) in [5, 5.41) is 47.7. The Kier molecular flexibility index (Phi) is 64.9. The van der Waals surface area contributed by atoms with Crippen LogP contribution in [0.25, 0.3) is 0 Å². The number of aromatic carboxylic acids is 3. The van der Waals surface area contributed by atoms with Crippen LogP contribution in [0, 0.1) is 43.8 Å². The van der Waals surface area contributed by atoms with Crippen LogP contribution in [0.2, 0.25) is 0 Å². The van der Waals surface area contributed by atoms with Gasteiger partial charge in [0, 0.05) is 18.6 Å². The van der Waals surface area contributed by atoms with E-state index in [4.69, 9.17) is 82.0 Å². The van der Waals surface area contributed by atoms with Gasteiger partial charge in [0.1, 0.15) is 72.2 Å². The van der Waals surface area contributed by atoms with Gasteiger partial charge in [-0.1, -0.05) is 111 Å². The molecule has 2 atom stereocenters.